The maximum atomic E-state index is 5.83. The monoisotopic (exact) mass is 211 g/mol. The molecule has 0 aliphatic heterocycles. The van der Waals surface area contributed by atoms with Crippen molar-refractivity contribution in [3.63, 3.8) is 0 Å². The van der Waals surface area contributed by atoms with Crippen LogP contribution in [0.5, 0.6) is 0 Å². The summed E-state index contributed by atoms with van der Waals surface area (Å²) in [7, 11) is 0. The normalized spacial score (nSPS) is 11.3. The Balaban J connectivity index is 2.63. The quantitative estimate of drug-likeness (QED) is 0.674. The van der Waals surface area contributed by atoms with Crippen molar-refractivity contribution in [1.82, 2.24) is 4.90 Å². The zero-order valence-corrected chi connectivity index (χ0v) is 9.88. The van der Waals surface area contributed by atoms with Gasteiger partial charge in [-0.25, -0.2) is 0 Å². The summed E-state index contributed by atoms with van der Waals surface area (Å²) < 4.78 is 0. The average Bonchev–Trinajstić information content (AvgIpc) is 2.16. The van der Waals surface area contributed by atoms with Gasteiger partial charge >= 0.3 is 0 Å². The molecule has 0 N–H and O–H groups in total. The van der Waals surface area contributed by atoms with Gasteiger partial charge in [0, 0.05) is 10.6 Å². The first-order valence-corrected chi connectivity index (χ1v) is 5.49. The number of rotatable bonds is 4. The van der Waals surface area contributed by atoms with Gasteiger partial charge in [-0.3, -0.25) is 0 Å². The van der Waals surface area contributed by atoms with Gasteiger partial charge in [-0.15, -0.1) is 0 Å². The first kappa shape index (κ1) is 11.5. The molecule has 0 aromatic heterocycles. The van der Waals surface area contributed by atoms with Gasteiger partial charge in [0.15, 0.2) is 0 Å². The molecule has 0 saturated carbocycles. The second-order valence-corrected chi connectivity index (χ2v) is 4.22. The zero-order chi connectivity index (χ0) is 10.6. The molecule has 0 unspecified atom stereocenters. The second-order valence-electron chi connectivity index (χ2n) is 3.78. The molecule has 1 aromatic carbocycles. The summed E-state index contributed by atoms with van der Waals surface area (Å²) in [5.74, 6) is 0. The molecule has 0 aliphatic carbocycles. The van der Waals surface area contributed by atoms with Crippen LogP contribution in [0.15, 0.2) is 24.3 Å². The molecule has 0 aliphatic rings. The summed E-state index contributed by atoms with van der Waals surface area (Å²) in [4.78, 5) is 2.42. The summed E-state index contributed by atoms with van der Waals surface area (Å²) in [6, 6.07) is 8.67. The van der Waals surface area contributed by atoms with Crippen LogP contribution in [-0.2, 0) is 6.54 Å². The van der Waals surface area contributed by atoms with Crippen LogP contribution in [0.25, 0.3) is 0 Å². The van der Waals surface area contributed by atoms with E-state index in [2.05, 4.69) is 37.8 Å². The van der Waals surface area contributed by atoms with E-state index in [1.165, 1.54) is 5.56 Å². The molecule has 0 heterocycles. The molecule has 14 heavy (non-hydrogen) atoms. The number of hydrogen-bond donors (Lipinski definition) is 0. The van der Waals surface area contributed by atoms with Crippen molar-refractivity contribution >= 4 is 11.6 Å². The minimum Gasteiger partial charge on any atom is -0.164 e. The zero-order valence-electron chi connectivity index (χ0n) is 9.13. The Morgan fingerprint density at radius 2 is 1.79 bits per heavy atom. The van der Waals surface area contributed by atoms with Crippen LogP contribution in [0.2, 0.25) is 5.02 Å². The van der Waals surface area contributed by atoms with Crippen molar-refractivity contribution in [2.45, 2.75) is 33.4 Å². The van der Waals surface area contributed by atoms with E-state index in [1.807, 2.05) is 12.1 Å². The van der Waals surface area contributed by atoms with Gasteiger partial charge in [0.05, 0.1) is 0 Å². The molecule has 0 spiro atoms. The topological polar surface area (TPSA) is 5.90 Å². The predicted octanol–water partition coefficient (Wildman–Crippen LogP) is 3.41. The lowest BCUT2D eigenvalue weighted by Gasteiger charge is -2.14. The van der Waals surface area contributed by atoms with E-state index in [4.69, 9.17) is 11.6 Å². The minimum absolute atomic E-state index is 0.593. The van der Waals surface area contributed by atoms with Crippen molar-refractivity contribution in [2.75, 3.05) is 6.54 Å². The lowest BCUT2D eigenvalue weighted by atomic mass is 10.2. The van der Waals surface area contributed by atoms with Crippen LogP contribution < -0.4 is 4.90 Å². The van der Waals surface area contributed by atoms with Gasteiger partial charge in [-0.05, 0) is 32.9 Å². The highest BCUT2D eigenvalue weighted by Gasteiger charge is 2.16. The molecule has 1 nitrogen and oxygen atoms in total. The molecule has 0 amide bonds. The van der Waals surface area contributed by atoms with Crippen LogP contribution in [0.3, 0.4) is 0 Å². The maximum absolute atomic E-state index is 5.83. The third kappa shape index (κ3) is 3.32. The average molecular weight is 212 g/mol. The van der Waals surface area contributed by atoms with Crippen LogP contribution >= 0.6 is 11.6 Å². The fourth-order valence-corrected chi connectivity index (χ4v) is 1.61. The third-order valence-electron chi connectivity index (χ3n) is 2.44. The Morgan fingerprint density at radius 3 is 2.21 bits per heavy atom. The molecule has 2 heteroatoms. The van der Waals surface area contributed by atoms with E-state index in [-0.39, 0.29) is 0 Å². The summed E-state index contributed by atoms with van der Waals surface area (Å²) >= 11 is 5.83. The van der Waals surface area contributed by atoms with E-state index in [1.54, 1.807) is 0 Å². The highest BCUT2D eigenvalue weighted by Crippen LogP contribution is 2.11. The van der Waals surface area contributed by atoms with Crippen LogP contribution in [0.4, 0.5) is 0 Å². The van der Waals surface area contributed by atoms with Crippen LogP contribution in [0.1, 0.15) is 26.3 Å². The largest absolute Gasteiger partial charge is 0.164 e. The fourth-order valence-electron chi connectivity index (χ4n) is 1.48. The van der Waals surface area contributed by atoms with Crippen molar-refractivity contribution in [3.8, 4) is 0 Å². The molecule has 1 rings (SSSR count). The smallest absolute Gasteiger partial charge is 0.148 e. The Hall–Kier alpha value is -0.530. The fraction of sp³-hybridized carbons (Fsp3) is 0.500. The maximum Gasteiger partial charge on any atom is 0.148 e. The molecule has 0 bridgehead atoms. The Morgan fingerprint density at radius 1 is 1.21 bits per heavy atom. The molecular formula is C12H18ClN+. The van der Waals surface area contributed by atoms with E-state index in [9.17, 15) is 0 Å². The minimum atomic E-state index is 0.593. The van der Waals surface area contributed by atoms with Crippen molar-refractivity contribution in [3.05, 3.63) is 34.9 Å². The molecule has 1 aromatic rings. The Labute approximate surface area is 91.7 Å². The Bertz CT molecular complexity index is 266. The highest BCUT2D eigenvalue weighted by atomic mass is 35.5. The number of benzene rings is 1. The molecule has 77 valence electrons. The number of halogens is 1. The van der Waals surface area contributed by atoms with Crippen molar-refractivity contribution in [2.24, 2.45) is 0 Å². The van der Waals surface area contributed by atoms with E-state index < -0.39 is 0 Å². The lowest BCUT2D eigenvalue weighted by Crippen LogP contribution is -2.35. The molecular weight excluding hydrogens is 194 g/mol. The first-order valence-electron chi connectivity index (χ1n) is 5.12. The first-order chi connectivity index (χ1) is 6.63. The summed E-state index contributed by atoms with van der Waals surface area (Å²) in [5, 5.41) is 0.807. The highest BCUT2D eigenvalue weighted by molar-refractivity contribution is 6.30. The van der Waals surface area contributed by atoms with Gasteiger partial charge < -0.3 is 0 Å². The SMILES string of the molecule is CC[N+](Cc1ccc(Cl)cc1)C(C)C. The van der Waals surface area contributed by atoms with Gasteiger partial charge in [0.25, 0.3) is 0 Å². The van der Waals surface area contributed by atoms with Crippen molar-refractivity contribution < 1.29 is 0 Å². The summed E-state index contributed by atoms with van der Waals surface area (Å²) in [6.45, 7) is 8.72. The molecule has 1 radical (unpaired) electrons. The lowest BCUT2D eigenvalue weighted by molar-refractivity contribution is 0.356. The summed E-state index contributed by atoms with van der Waals surface area (Å²) in [5.41, 5.74) is 1.32. The number of nitrogens with zero attached hydrogens (tertiary/aromatic N) is 1. The van der Waals surface area contributed by atoms with Crippen LogP contribution in [-0.4, -0.2) is 12.6 Å². The molecule has 0 saturated heterocycles. The van der Waals surface area contributed by atoms with E-state index in [0.717, 1.165) is 18.1 Å². The molecule has 0 fully saturated rings. The standard InChI is InChI=1S/C12H18ClN/c1-4-14(10(2)3)9-11-5-7-12(13)8-6-11/h5-8,10H,4,9H2,1-3H3/q+1. The van der Waals surface area contributed by atoms with Gasteiger partial charge in [-0.1, -0.05) is 23.7 Å². The predicted molar refractivity (Wildman–Crippen MR) is 63.0 cm³/mol. The van der Waals surface area contributed by atoms with Gasteiger partial charge in [0.1, 0.15) is 19.1 Å². The number of hydrogen-bond acceptors (Lipinski definition) is 1. The summed E-state index contributed by atoms with van der Waals surface area (Å²) in [6.07, 6.45) is 0. The Kier molecular flexibility index (Phi) is 4.43. The molecule has 0 atom stereocenters. The van der Waals surface area contributed by atoms with E-state index >= 15 is 0 Å². The van der Waals surface area contributed by atoms with Gasteiger partial charge in [-0.2, -0.15) is 4.90 Å². The third-order valence-corrected chi connectivity index (χ3v) is 2.69. The van der Waals surface area contributed by atoms with Gasteiger partial charge in [0.2, 0.25) is 0 Å². The van der Waals surface area contributed by atoms with Crippen molar-refractivity contribution in [1.29, 1.82) is 0 Å². The van der Waals surface area contributed by atoms with E-state index in [0.29, 0.717) is 6.04 Å². The van der Waals surface area contributed by atoms with Crippen LogP contribution in [0, 0.1) is 0 Å². The second kappa shape index (κ2) is 5.38.